The highest BCUT2D eigenvalue weighted by Gasteiger charge is 2.11. The van der Waals surface area contributed by atoms with Crippen LogP contribution in [0.3, 0.4) is 0 Å². The zero-order valence-corrected chi connectivity index (χ0v) is 14.2. The van der Waals surface area contributed by atoms with Crippen molar-refractivity contribution in [2.24, 2.45) is 0 Å². The smallest absolute Gasteiger partial charge is 0.329 e. The van der Waals surface area contributed by atoms with Crippen molar-refractivity contribution in [3.05, 3.63) is 53.0 Å². The van der Waals surface area contributed by atoms with Gasteiger partial charge in [-0.2, -0.15) is 0 Å². The third kappa shape index (κ3) is 5.96. The van der Waals surface area contributed by atoms with Gasteiger partial charge in [-0.15, -0.1) is 0 Å². The molecule has 134 valence electrons. The van der Waals surface area contributed by atoms with Gasteiger partial charge >= 0.3 is 5.97 Å². The summed E-state index contributed by atoms with van der Waals surface area (Å²) in [4.78, 5) is 22.2. The third-order valence-corrected chi connectivity index (χ3v) is 3.34. The van der Waals surface area contributed by atoms with Crippen molar-refractivity contribution in [2.75, 3.05) is 19.8 Å². The van der Waals surface area contributed by atoms with E-state index in [0.717, 1.165) is 16.9 Å². The predicted octanol–water partition coefficient (Wildman–Crippen LogP) is 2.31. The van der Waals surface area contributed by atoms with Crippen molar-refractivity contribution in [2.45, 2.75) is 20.5 Å². The first kappa shape index (κ1) is 18.5. The molecule has 7 nitrogen and oxygen atoms in total. The number of carbonyl (C=O) groups excluding carboxylic acids is 1. The van der Waals surface area contributed by atoms with Gasteiger partial charge in [0.05, 0.1) is 6.61 Å². The third-order valence-electron chi connectivity index (χ3n) is 3.34. The molecule has 7 heteroatoms. The number of rotatable bonds is 9. The zero-order chi connectivity index (χ0) is 18.2. The number of benzene rings is 1. The van der Waals surface area contributed by atoms with Crippen LogP contribution >= 0.6 is 0 Å². The van der Waals surface area contributed by atoms with Crippen LogP contribution in [0.4, 0.5) is 0 Å². The fourth-order valence-corrected chi connectivity index (χ4v) is 2.17. The molecule has 0 fully saturated rings. The van der Waals surface area contributed by atoms with Crippen molar-refractivity contribution in [3.63, 3.8) is 0 Å². The lowest BCUT2D eigenvalue weighted by molar-refractivity contribution is -0.142. The fraction of sp³-hybridized carbons (Fsp3) is 0.333. The molecule has 2 aromatic rings. The maximum absolute atomic E-state index is 11.9. The Morgan fingerprint density at radius 3 is 2.72 bits per heavy atom. The lowest BCUT2D eigenvalue weighted by Crippen LogP contribution is -2.27. The van der Waals surface area contributed by atoms with Crippen LogP contribution in [0.2, 0.25) is 0 Å². The summed E-state index contributed by atoms with van der Waals surface area (Å²) < 4.78 is 16.0. The number of hydrogen-bond acceptors (Lipinski definition) is 5. The normalized spacial score (nSPS) is 10.5. The summed E-state index contributed by atoms with van der Waals surface area (Å²) in [5.74, 6) is 0.0239. The Labute approximate surface area is 145 Å². The Hall–Kier alpha value is -2.80. The van der Waals surface area contributed by atoms with E-state index in [9.17, 15) is 9.59 Å². The monoisotopic (exact) mass is 347 g/mol. The van der Waals surface area contributed by atoms with E-state index in [-0.39, 0.29) is 25.5 Å². The zero-order valence-electron chi connectivity index (χ0n) is 14.2. The molecule has 0 unspecified atom stereocenters. The number of nitrogens with one attached hydrogen (secondary N) is 1. The van der Waals surface area contributed by atoms with Crippen molar-refractivity contribution in [1.29, 1.82) is 0 Å². The van der Waals surface area contributed by atoms with Crippen molar-refractivity contribution < 1.29 is 28.6 Å². The van der Waals surface area contributed by atoms with Crippen molar-refractivity contribution in [1.82, 2.24) is 5.32 Å². The largest absolute Gasteiger partial charge is 0.485 e. The minimum absolute atomic E-state index is 0.113. The quantitative estimate of drug-likeness (QED) is 0.676. The van der Waals surface area contributed by atoms with Crippen LogP contribution in [-0.2, 0) is 16.1 Å². The molecule has 0 spiro atoms. The van der Waals surface area contributed by atoms with Crippen LogP contribution in [0.1, 0.15) is 27.4 Å². The number of ether oxygens (including phenoxy) is 2. The highest BCUT2D eigenvalue weighted by Crippen LogP contribution is 2.20. The van der Waals surface area contributed by atoms with E-state index in [0.29, 0.717) is 5.76 Å². The average molecular weight is 347 g/mol. The Kier molecular flexibility index (Phi) is 6.59. The second-order valence-electron chi connectivity index (χ2n) is 5.53. The average Bonchev–Trinajstić information content (AvgIpc) is 3.02. The molecule has 0 atom stereocenters. The summed E-state index contributed by atoms with van der Waals surface area (Å²) in [7, 11) is 0. The number of carboxylic acid groups (broad SMARTS) is 1. The molecule has 1 amide bonds. The van der Waals surface area contributed by atoms with E-state index in [1.165, 1.54) is 0 Å². The van der Waals surface area contributed by atoms with E-state index < -0.39 is 18.5 Å². The Balaban J connectivity index is 1.79. The molecule has 0 saturated carbocycles. The van der Waals surface area contributed by atoms with Gasteiger partial charge in [0.2, 0.25) is 0 Å². The highest BCUT2D eigenvalue weighted by molar-refractivity contribution is 5.91. The van der Waals surface area contributed by atoms with Gasteiger partial charge in [0.15, 0.2) is 5.76 Å². The number of aryl methyl sites for hydroxylation is 2. The van der Waals surface area contributed by atoms with Gasteiger partial charge in [-0.1, -0.05) is 17.7 Å². The van der Waals surface area contributed by atoms with E-state index >= 15 is 0 Å². The van der Waals surface area contributed by atoms with E-state index in [1.54, 1.807) is 12.1 Å². The molecule has 2 N–H and O–H groups in total. The summed E-state index contributed by atoms with van der Waals surface area (Å²) in [6.45, 7) is 4.12. The van der Waals surface area contributed by atoms with Crippen LogP contribution < -0.4 is 10.1 Å². The summed E-state index contributed by atoms with van der Waals surface area (Å²) in [5, 5.41) is 11.0. The molecule has 0 saturated heterocycles. The number of hydrogen-bond donors (Lipinski definition) is 2. The van der Waals surface area contributed by atoms with Gasteiger partial charge in [0.25, 0.3) is 5.91 Å². The minimum Gasteiger partial charge on any atom is -0.485 e. The number of carbonyl (C=O) groups is 2. The number of amides is 1. The summed E-state index contributed by atoms with van der Waals surface area (Å²) in [6.07, 6.45) is 0. The predicted molar refractivity (Wildman–Crippen MR) is 89.7 cm³/mol. The lowest BCUT2D eigenvalue weighted by Gasteiger charge is -2.08. The van der Waals surface area contributed by atoms with Gasteiger partial charge < -0.3 is 24.3 Å². The van der Waals surface area contributed by atoms with Crippen molar-refractivity contribution >= 4 is 11.9 Å². The molecule has 0 aliphatic carbocycles. The molecule has 1 heterocycles. The molecule has 0 aliphatic heterocycles. The van der Waals surface area contributed by atoms with Crippen molar-refractivity contribution in [3.8, 4) is 5.75 Å². The molecular weight excluding hydrogens is 326 g/mol. The standard InChI is InChI=1S/C18H21NO6/c1-12-3-5-15(13(2)9-12)24-10-14-4-6-16(25-14)18(22)19-7-8-23-11-17(20)21/h3-6,9H,7-8,10-11H2,1-2H3,(H,19,22)(H,20,21). The van der Waals surface area contributed by atoms with Crippen LogP contribution in [0.5, 0.6) is 5.75 Å². The fourth-order valence-electron chi connectivity index (χ4n) is 2.17. The molecule has 1 aromatic carbocycles. The van der Waals surface area contributed by atoms with Crippen LogP contribution in [0.15, 0.2) is 34.7 Å². The SMILES string of the molecule is Cc1ccc(OCc2ccc(C(=O)NCCOCC(=O)O)o2)c(C)c1. The number of carboxylic acids is 1. The molecule has 0 aliphatic rings. The summed E-state index contributed by atoms with van der Waals surface area (Å²) in [6, 6.07) is 9.14. The maximum Gasteiger partial charge on any atom is 0.329 e. The maximum atomic E-state index is 11.9. The molecule has 0 radical (unpaired) electrons. The van der Waals surface area contributed by atoms with Gasteiger partial charge in [-0.05, 0) is 37.6 Å². The molecule has 2 rings (SSSR count). The summed E-state index contributed by atoms with van der Waals surface area (Å²) in [5.41, 5.74) is 2.19. The molecule has 25 heavy (non-hydrogen) atoms. The van der Waals surface area contributed by atoms with Gasteiger partial charge in [0, 0.05) is 6.54 Å². The first-order valence-corrected chi connectivity index (χ1v) is 7.82. The molecule has 1 aromatic heterocycles. The molecular formula is C18H21NO6. The van der Waals surface area contributed by atoms with Gasteiger partial charge in [0.1, 0.15) is 24.7 Å². The Bertz CT molecular complexity index is 737. The topological polar surface area (TPSA) is 98.0 Å². The van der Waals surface area contributed by atoms with Crippen LogP contribution in [-0.4, -0.2) is 36.7 Å². The van der Waals surface area contributed by atoms with E-state index in [4.69, 9.17) is 19.0 Å². The summed E-state index contributed by atoms with van der Waals surface area (Å²) >= 11 is 0. The number of aliphatic carboxylic acids is 1. The van der Waals surface area contributed by atoms with Crippen LogP contribution in [0.25, 0.3) is 0 Å². The Morgan fingerprint density at radius 1 is 1.20 bits per heavy atom. The second kappa shape index (κ2) is 8.89. The second-order valence-corrected chi connectivity index (χ2v) is 5.53. The van der Waals surface area contributed by atoms with E-state index in [1.807, 2.05) is 32.0 Å². The number of furan rings is 1. The first-order valence-electron chi connectivity index (χ1n) is 7.82. The highest BCUT2D eigenvalue weighted by atomic mass is 16.5. The van der Waals surface area contributed by atoms with Gasteiger partial charge in [-0.3, -0.25) is 4.79 Å². The van der Waals surface area contributed by atoms with E-state index in [2.05, 4.69) is 5.32 Å². The lowest BCUT2D eigenvalue weighted by atomic mass is 10.1. The Morgan fingerprint density at radius 2 is 2.00 bits per heavy atom. The minimum atomic E-state index is -1.05. The molecule has 0 bridgehead atoms. The first-order chi connectivity index (χ1) is 12.0. The van der Waals surface area contributed by atoms with Crippen LogP contribution in [0, 0.1) is 13.8 Å². The van der Waals surface area contributed by atoms with Gasteiger partial charge in [-0.25, -0.2) is 4.79 Å².